The summed E-state index contributed by atoms with van der Waals surface area (Å²) < 4.78 is 22.0. The second-order valence-electron chi connectivity index (χ2n) is 2.93. The first-order valence-electron chi connectivity index (χ1n) is 3.69. The maximum absolute atomic E-state index is 11.0. The van der Waals surface area contributed by atoms with Crippen LogP contribution in [0.1, 0.15) is 0 Å². The van der Waals surface area contributed by atoms with Gasteiger partial charge in [0.2, 0.25) is 0 Å². The molecule has 0 unspecified atom stereocenters. The molecule has 0 radical (unpaired) electrons. The van der Waals surface area contributed by atoms with Crippen molar-refractivity contribution in [3.8, 4) is 0 Å². The summed E-state index contributed by atoms with van der Waals surface area (Å²) in [7, 11) is -7.60. The van der Waals surface area contributed by atoms with Crippen LogP contribution in [0.25, 0.3) is 0 Å². The third-order valence-corrected chi connectivity index (χ3v) is 3.91. The summed E-state index contributed by atoms with van der Waals surface area (Å²) in [6.45, 7) is 0. The molecule has 5 nitrogen and oxygen atoms in total. The van der Waals surface area contributed by atoms with Gasteiger partial charge in [0.15, 0.2) is 0 Å². The summed E-state index contributed by atoms with van der Waals surface area (Å²) in [5, 5.41) is -0.0510. The molecule has 0 aliphatic rings. The van der Waals surface area contributed by atoms with Crippen molar-refractivity contribution in [2.24, 2.45) is 0 Å². The Morgan fingerprint density at radius 3 is 1.79 bits per heavy atom. The summed E-state index contributed by atoms with van der Waals surface area (Å²) in [6, 6.07) is 4.80. The topological polar surface area (TPSA) is 94.8 Å². The molecule has 0 atom stereocenters. The summed E-state index contributed by atoms with van der Waals surface area (Å²) in [5.74, 6) is 0. The van der Waals surface area contributed by atoms with Gasteiger partial charge in [-0.25, -0.2) is 0 Å². The second kappa shape index (κ2) is 3.56. The van der Waals surface area contributed by atoms with Crippen molar-refractivity contribution in [2.45, 2.75) is 4.90 Å². The molecule has 3 N–H and O–H groups in total. The zero-order chi connectivity index (χ0) is 11.0. The Balaban J connectivity index is 3.14. The third kappa shape index (κ3) is 2.73. The van der Waals surface area contributed by atoms with Gasteiger partial charge in [0, 0.05) is 0 Å². The van der Waals surface area contributed by atoms with E-state index in [1.165, 1.54) is 24.3 Å². The van der Waals surface area contributed by atoms with Crippen molar-refractivity contribution in [1.29, 1.82) is 0 Å². The van der Waals surface area contributed by atoms with Crippen molar-refractivity contribution in [3.63, 3.8) is 0 Å². The Morgan fingerprint density at radius 2 is 1.50 bits per heavy atom. The van der Waals surface area contributed by atoms with E-state index in [-0.39, 0.29) is 10.2 Å². The zero-order valence-corrected chi connectivity index (χ0v) is 9.19. The molecule has 80 valence electrons. The molecule has 0 fully saturated rings. The molecule has 0 saturated carbocycles. The molecule has 0 saturated heterocycles. The number of rotatable bonds is 2. The van der Waals surface area contributed by atoms with E-state index in [4.69, 9.17) is 14.7 Å². The molecule has 0 bridgehead atoms. The van der Waals surface area contributed by atoms with Crippen LogP contribution in [0.2, 0.25) is 0 Å². The molecule has 0 spiro atoms. The van der Waals surface area contributed by atoms with Gasteiger partial charge in [-0.1, -0.05) is 0 Å². The predicted molar refractivity (Wildman–Crippen MR) is 54.2 cm³/mol. The van der Waals surface area contributed by atoms with E-state index in [9.17, 15) is 8.42 Å². The summed E-state index contributed by atoms with van der Waals surface area (Å²) in [4.78, 5) is 26.7. The number of benzene rings is 1. The normalized spacial score (nSPS) is 14.0. The van der Waals surface area contributed by atoms with Gasteiger partial charge in [0.25, 0.3) is 0 Å². The van der Waals surface area contributed by atoms with Gasteiger partial charge >= 0.3 is 81.6 Å². The SMILES string of the molecule is CS(=O)(=O)c1ccc([PH](O)(O)O)cc1. The zero-order valence-electron chi connectivity index (χ0n) is 7.38. The van der Waals surface area contributed by atoms with Gasteiger partial charge in [-0.15, -0.1) is 0 Å². The Bertz CT molecular complexity index is 416. The van der Waals surface area contributed by atoms with Crippen molar-refractivity contribution < 1.29 is 23.1 Å². The molecule has 0 aromatic heterocycles. The molecule has 0 amide bonds. The van der Waals surface area contributed by atoms with Gasteiger partial charge in [-0.3, -0.25) is 0 Å². The molecule has 1 aromatic carbocycles. The first-order valence-corrected chi connectivity index (χ1v) is 7.42. The molecule has 7 heteroatoms. The van der Waals surface area contributed by atoms with Crippen LogP contribution >= 0.6 is 7.94 Å². The van der Waals surface area contributed by atoms with Gasteiger partial charge in [0.1, 0.15) is 0 Å². The van der Waals surface area contributed by atoms with E-state index in [0.717, 1.165) is 6.26 Å². The summed E-state index contributed by atoms with van der Waals surface area (Å²) >= 11 is 0. The molecular weight excluding hydrogens is 227 g/mol. The van der Waals surface area contributed by atoms with E-state index < -0.39 is 17.8 Å². The number of hydrogen-bond acceptors (Lipinski definition) is 5. The number of hydrogen-bond donors (Lipinski definition) is 3. The van der Waals surface area contributed by atoms with E-state index in [0.29, 0.717) is 0 Å². The number of sulfone groups is 1. The first kappa shape index (κ1) is 11.6. The Labute approximate surface area is 82.1 Å². The monoisotopic (exact) mass is 238 g/mol. The molecule has 0 aliphatic carbocycles. The standard InChI is InChI=1S/C7H11O5PS/c1-14(11,12)7-4-2-6(3-5-7)13(8,9)10/h2-5,8-10,13H,1H3. The molecule has 14 heavy (non-hydrogen) atoms. The van der Waals surface area contributed by atoms with Gasteiger partial charge < -0.3 is 0 Å². The third-order valence-electron chi connectivity index (χ3n) is 1.67. The first-order chi connectivity index (χ1) is 6.21. The fourth-order valence-corrected chi connectivity index (χ4v) is 2.17. The quantitative estimate of drug-likeness (QED) is 0.585. The van der Waals surface area contributed by atoms with E-state index in [1.807, 2.05) is 0 Å². The van der Waals surface area contributed by atoms with Crippen LogP contribution in [0.15, 0.2) is 29.2 Å². The van der Waals surface area contributed by atoms with Crippen LogP contribution in [0.4, 0.5) is 0 Å². The van der Waals surface area contributed by atoms with E-state index in [1.54, 1.807) is 0 Å². The molecule has 1 aromatic rings. The molecular formula is C7H11O5PS. The van der Waals surface area contributed by atoms with Crippen LogP contribution in [-0.4, -0.2) is 29.4 Å². The van der Waals surface area contributed by atoms with Crippen LogP contribution in [-0.2, 0) is 9.84 Å². The second-order valence-corrected chi connectivity index (χ2v) is 6.80. The van der Waals surface area contributed by atoms with Crippen molar-refractivity contribution >= 4 is 23.1 Å². The van der Waals surface area contributed by atoms with Crippen LogP contribution in [0.5, 0.6) is 0 Å². The van der Waals surface area contributed by atoms with Crippen LogP contribution in [0.3, 0.4) is 0 Å². The van der Waals surface area contributed by atoms with Gasteiger partial charge in [-0.2, -0.15) is 0 Å². The Kier molecular flexibility index (Phi) is 2.94. The van der Waals surface area contributed by atoms with Crippen molar-refractivity contribution in [1.82, 2.24) is 0 Å². The van der Waals surface area contributed by atoms with Crippen LogP contribution in [0, 0.1) is 0 Å². The molecule has 1 rings (SSSR count). The van der Waals surface area contributed by atoms with Gasteiger partial charge in [-0.05, 0) is 0 Å². The Hall–Kier alpha value is -0.520. The average molecular weight is 238 g/mol. The summed E-state index contributed by atoms with van der Waals surface area (Å²) in [6.07, 6.45) is 1.05. The van der Waals surface area contributed by atoms with E-state index >= 15 is 0 Å². The van der Waals surface area contributed by atoms with Crippen molar-refractivity contribution in [3.05, 3.63) is 24.3 Å². The fourth-order valence-electron chi connectivity index (χ4n) is 0.926. The van der Waals surface area contributed by atoms with Crippen LogP contribution < -0.4 is 5.30 Å². The maximum atomic E-state index is 11.0. The molecule has 0 aliphatic heterocycles. The minimum absolute atomic E-state index is 0.0510. The average Bonchev–Trinajstić information content (AvgIpc) is 2.01. The van der Waals surface area contributed by atoms with Gasteiger partial charge in [0.05, 0.1) is 0 Å². The van der Waals surface area contributed by atoms with E-state index in [2.05, 4.69) is 0 Å². The summed E-state index contributed by atoms with van der Waals surface area (Å²) in [5.41, 5.74) is 0. The van der Waals surface area contributed by atoms with Crippen molar-refractivity contribution in [2.75, 3.05) is 6.26 Å². The minimum atomic E-state index is -4.31. The molecule has 0 heterocycles. The predicted octanol–water partition coefficient (Wildman–Crippen LogP) is -0.813. The Morgan fingerprint density at radius 1 is 1.07 bits per heavy atom. The fraction of sp³-hybridized carbons (Fsp3) is 0.143.